The molecule has 3 nitrogen and oxygen atoms in total. The zero-order chi connectivity index (χ0) is 30.3. The summed E-state index contributed by atoms with van der Waals surface area (Å²) in [5, 5.41) is 0. The Morgan fingerprint density at radius 2 is 0.841 bits per heavy atom. The van der Waals surface area contributed by atoms with E-state index in [4.69, 9.17) is 15.0 Å². The molecule has 0 atom stereocenters. The standard InChI is InChI=1S/C41H37N3/c1-40(2)25-26-41(3,4)36-27-30(23-24-35(36)40)38-42-37(29-17-9-6-10-18-29)43-39(44-38)34-22-14-13-21-33(34)32-20-12-11-19-31(32)28-15-7-5-8-16-28/h5-24,27H,25-26H2,1-4H3. The molecule has 0 bridgehead atoms. The van der Waals surface area contributed by atoms with Crippen molar-refractivity contribution in [3.63, 3.8) is 0 Å². The Balaban J connectivity index is 1.44. The van der Waals surface area contributed by atoms with E-state index >= 15 is 0 Å². The molecular weight excluding hydrogens is 534 g/mol. The molecule has 1 aliphatic carbocycles. The Morgan fingerprint density at radius 1 is 0.386 bits per heavy atom. The van der Waals surface area contributed by atoms with Crippen LogP contribution in [0.4, 0.5) is 0 Å². The Morgan fingerprint density at radius 3 is 1.48 bits per heavy atom. The fourth-order valence-corrected chi connectivity index (χ4v) is 6.57. The molecule has 7 rings (SSSR count). The molecule has 216 valence electrons. The molecule has 0 fully saturated rings. The molecule has 6 aromatic rings. The lowest BCUT2D eigenvalue weighted by molar-refractivity contribution is 0.332. The fraction of sp³-hybridized carbons (Fsp3) is 0.195. The highest BCUT2D eigenvalue weighted by Gasteiger charge is 2.37. The zero-order valence-electron chi connectivity index (χ0n) is 25.9. The molecule has 0 radical (unpaired) electrons. The van der Waals surface area contributed by atoms with Gasteiger partial charge in [-0.1, -0.05) is 149 Å². The summed E-state index contributed by atoms with van der Waals surface area (Å²) in [4.78, 5) is 15.4. The highest BCUT2D eigenvalue weighted by molar-refractivity contribution is 5.90. The topological polar surface area (TPSA) is 38.7 Å². The number of rotatable bonds is 5. The second kappa shape index (κ2) is 11.0. The first kappa shape index (κ1) is 27.9. The summed E-state index contributed by atoms with van der Waals surface area (Å²) in [5.41, 5.74) is 10.6. The van der Waals surface area contributed by atoms with Crippen LogP contribution in [0.25, 0.3) is 56.4 Å². The smallest absolute Gasteiger partial charge is 0.164 e. The fourth-order valence-electron chi connectivity index (χ4n) is 6.57. The van der Waals surface area contributed by atoms with Crippen LogP contribution in [0.1, 0.15) is 51.7 Å². The molecule has 0 spiro atoms. The van der Waals surface area contributed by atoms with Crippen molar-refractivity contribution in [3.8, 4) is 56.4 Å². The summed E-state index contributed by atoms with van der Waals surface area (Å²) in [7, 11) is 0. The third-order valence-corrected chi connectivity index (χ3v) is 9.25. The van der Waals surface area contributed by atoms with Crippen molar-refractivity contribution in [2.24, 2.45) is 0 Å². The van der Waals surface area contributed by atoms with E-state index in [1.807, 2.05) is 18.2 Å². The maximum Gasteiger partial charge on any atom is 0.164 e. The van der Waals surface area contributed by atoms with Crippen LogP contribution in [0.5, 0.6) is 0 Å². The maximum atomic E-state index is 5.20. The second-order valence-corrected chi connectivity index (χ2v) is 13.2. The summed E-state index contributed by atoms with van der Waals surface area (Å²) in [5.74, 6) is 2.04. The Kier molecular flexibility index (Phi) is 6.97. The van der Waals surface area contributed by atoms with Crippen LogP contribution < -0.4 is 0 Å². The molecule has 44 heavy (non-hydrogen) atoms. The van der Waals surface area contributed by atoms with Gasteiger partial charge in [-0.05, 0) is 63.1 Å². The molecule has 0 saturated heterocycles. The number of hydrogen-bond donors (Lipinski definition) is 0. The minimum atomic E-state index is 0.0900. The third-order valence-electron chi connectivity index (χ3n) is 9.25. The van der Waals surface area contributed by atoms with Gasteiger partial charge in [0.05, 0.1) is 0 Å². The van der Waals surface area contributed by atoms with Crippen molar-refractivity contribution < 1.29 is 0 Å². The van der Waals surface area contributed by atoms with E-state index in [-0.39, 0.29) is 10.8 Å². The SMILES string of the molecule is CC1(C)CCC(C)(C)c2cc(-c3nc(-c4ccccc4)nc(-c4ccccc4-c4ccccc4-c4ccccc4)n3)ccc21. The van der Waals surface area contributed by atoms with Crippen LogP contribution in [0.2, 0.25) is 0 Å². The minimum Gasteiger partial charge on any atom is -0.208 e. The molecule has 0 amide bonds. The van der Waals surface area contributed by atoms with Gasteiger partial charge in [0, 0.05) is 16.7 Å². The van der Waals surface area contributed by atoms with E-state index in [0.717, 1.165) is 34.2 Å². The van der Waals surface area contributed by atoms with Gasteiger partial charge >= 0.3 is 0 Å². The molecule has 3 heteroatoms. The number of aromatic nitrogens is 3. The highest BCUT2D eigenvalue weighted by atomic mass is 15.0. The molecule has 0 unspecified atom stereocenters. The van der Waals surface area contributed by atoms with Gasteiger partial charge in [0.1, 0.15) is 0 Å². The average molecular weight is 572 g/mol. The van der Waals surface area contributed by atoms with E-state index in [0.29, 0.717) is 17.5 Å². The average Bonchev–Trinajstić information content (AvgIpc) is 3.07. The van der Waals surface area contributed by atoms with E-state index in [1.54, 1.807) is 0 Å². The predicted molar refractivity (Wildman–Crippen MR) is 182 cm³/mol. The molecular formula is C41H37N3. The summed E-state index contributed by atoms with van der Waals surface area (Å²) in [6, 6.07) is 44.7. The quantitative estimate of drug-likeness (QED) is 0.207. The predicted octanol–water partition coefficient (Wildman–Crippen LogP) is 10.6. The summed E-state index contributed by atoms with van der Waals surface area (Å²) in [6.45, 7) is 9.44. The normalized spacial score (nSPS) is 15.0. The third kappa shape index (κ3) is 5.13. The van der Waals surface area contributed by atoms with Crippen LogP contribution in [0.3, 0.4) is 0 Å². The maximum absolute atomic E-state index is 5.20. The molecule has 0 N–H and O–H groups in total. The second-order valence-electron chi connectivity index (χ2n) is 13.2. The van der Waals surface area contributed by atoms with Crippen molar-refractivity contribution in [1.29, 1.82) is 0 Å². The van der Waals surface area contributed by atoms with Gasteiger partial charge in [0.2, 0.25) is 0 Å². The van der Waals surface area contributed by atoms with Gasteiger partial charge in [0.25, 0.3) is 0 Å². The van der Waals surface area contributed by atoms with Crippen LogP contribution >= 0.6 is 0 Å². The zero-order valence-corrected chi connectivity index (χ0v) is 25.9. The van der Waals surface area contributed by atoms with E-state index in [2.05, 4.69) is 137 Å². The van der Waals surface area contributed by atoms with Crippen LogP contribution in [-0.4, -0.2) is 15.0 Å². The number of hydrogen-bond acceptors (Lipinski definition) is 3. The van der Waals surface area contributed by atoms with Gasteiger partial charge in [-0.15, -0.1) is 0 Å². The van der Waals surface area contributed by atoms with Gasteiger partial charge in [-0.25, -0.2) is 15.0 Å². The largest absolute Gasteiger partial charge is 0.208 e. The molecule has 1 heterocycles. The lowest BCUT2D eigenvalue weighted by atomic mass is 9.63. The first-order valence-electron chi connectivity index (χ1n) is 15.5. The first-order chi connectivity index (χ1) is 21.3. The van der Waals surface area contributed by atoms with Gasteiger partial charge in [0.15, 0.2) is 17.5 Å². The minimum absolute atomic E-state index is 0.0900. The van der Waals surface area contributed by atoms with Crippen molar-refractivity contribution >= 4 is 0 Å². The van der Waals surface area contributed by atoms with Crippen LogP contribution in [-0.2, 0) is 10.8 Å². The first-order valence-corrected chi connectivity index (χ1v) is 15.5. The van der Waals surface area contributed by atoms with E-state index in [9.17, 15) is 0 Å². The molecule has 1 aliphatic rings. The van der Waals surface area contributed by atoms with E-state index in [1.165, 1.54) is 28.7 Å². The lowest BCUT2D eigenvalue weighted by Crippen LogP contribution is -2.33. The summed E-state index contributed by atoms with van der Waals surface area (Å²) >= 11 is 0. The lowest BCUT2D eigenvalue weighted by Gasteiger charge is -2.42. The molecule has 1 aromatic heterocycles. The Labute approximate surface area is 260 Å². The monoisotopic (exact) mass is 571 g/mol. The van der Waals surface area contributed by atoms with Gasteiger partial charge in [-0.2, -0.15) is 0 Å². The van der Waals surface area contributed by atoms with Crippen molar-refractivity contribution in [1.82, 2.24) is 15.0 Å². The van der Waals surface area contributed by atoms with Crippen molar-refractivity contribution in [2.45, 2.75) is 51.4 Å². The van der Waals surface area contributed by atoms with E-state index < -0.39 is 0 Å². The number of benzene rings is 5. The molecule has 5 aromatic carbocycles. The molecule has 0 aliphatic heterocycles. The molecule has 0 saturated carbocycles. The summed E-state index contributed by atoms with van der Waals surface area (Å²) in [6.07, 6.45) is 2.34. The van der Waals surface area contributed by atoms with Gasteiger partial charge < -0.3 is 0 Å². The highest BCUT2D eigenvalue weighted by Crippen LogP contribution is 2.47. The summed E-state index contributed by atoms with van der Waals surface area (Å²) < 4.78 is 0. The Bertz CT molecular complexity index is 1960. The van der Waals surface area contributed by atoms with Crippen LogP contribution in [0, 0.1) is 0 Å². The van der Waals surface area contributed by atoms with Crippen molar-refractivity contribution in [2.75, 3.05) is 0 Å². The Hall–Kier alpha value is -4.89. The number of nitrogens with zero attached hydrogens (tertiary/aromatic N) is 3. The van der Waals surface area contributed by atoms with Crippen LogP contribution in [0.15, 0.2) is 127 Å². The number of fused-ring (bicyclic) bond motifs is 1. The van der Waals surface area contributed by atoms with Gasteiger partial charge in [-0.3, -0.25) is 0 Å². The van der Waals surface area contributed by atoms with Crippen molar-refractivity contribution in [3.05, 3.63) is 139 Å².